The van der Waals surface area contributed by atoms with Crippen molar-refractivity contribution in [3.05, 3.63) is 24.3 Å². The van der Waals surface area contributed by atoms with Crippen molar-refractivity contribution in [2.45, 2.75) is 38.1 Å². The largest absolute Gasteiger partial charge is 0.383 e. The summed E-state index contributed by atoms with van der Waals surface area (Å²) in [7, 11) is 1.59. The Kier molecular flexibility index (Phi) is 6.86. The summed E-state index contributed by atoms with van der Waals surface area (Å²) in [5.41, 5.74) is 1.25. The van der Waals surface area contributed by atoms with Crippen molar-refractivity contribution in [3.63, 3.8) is 0 Å². The van der Waals surface area contributed by atoms with Gasteiger partial charge in [-0.05, 0) is 31.0 Å². The lowest BCUT2D eigenvalue weighted by Crippen LogP contribution is -2.40. The maximum Gasteiger partial charge on any atom is 0.319 e. The Bertz CT molecular complexity index is 718. The number of anilines is 2. The fourth-order valence-electron chi connectivity index (χ4n) is 3.75. The second kappa shape index (κ2) is 9.54. The molecule has 1 aliphatic heterocycles. The van der Waals surface area contributed by atoms with Crippen LogP contribution in [0, 0.1) is 5.92 Å². The van der Waals surface area contributed by atoms with Gasteiger partial charge in [-0.2, -0.15) is 0 Å². The van der Waals surface area contributed by atoms with Crippen LogP contribution >= 0.6 is 0 Å². The normalized spacial score (nSPS) is 19.7. The fourth-order valence-corrected chi connectivity index (χ4v) is 3.75. The van der Waals surface area contributed by atoms with Crippen LogP contribution in [-0.4, -0.2) is 55.6 Å². The van der Waals surface area contributed by atoms with Crippen molar-refractivity contribution < 1.29 is 19.1 Å². The third-order valence-electron chi connectivity index (χ3n) is 5.23. The molecule has 1 aromatic rings. The second-order valence-corrected chi connectivity index (χ2v) is 7.38. The molecule has 0 unspecified atom stereocenters. The number of methoxy groups -OCH3 is 1. The van der Waals surface area contributed by atoms with Crippen LogP contribution in [0.15, 0.2) is 24.3 Å². The molecule has 8 nitrogen and oxygen atoms in total. The third-order valence-corrected chi connectivity index (χ3v) is 5.23. The molecule has 28 heavy (non-hydrogen) atoms. The molecule has 1 heterocycles. The molecule has 1 aromatic carbocycles. The number of urea groups is 1. The SMILES string of the molecule is COCCN1C[C@@H](NC(=O)Nc2cccc(NC(=O)C3CCCC3)c2)CC1=O. The van der Waals surface area contributed by atoms with Crippen LogP contribution < -0.4 is 16.0 Å². The van der Waals surface area contributed by atoms with Gasteiger partial charge in [0.1, 0.15) is 0 Å². The van der Waals surface area contributed by atoms with Crippen molar-refractivity contribution in [3.8, 4) is 0 Å². The zero-order chi connectivity index (χ0) is 19.9. The van der Waals surface area contributed by atoms with Gasteiger partial charge in [0.25, 0.3) is 0 Å². The Morgan fingerprint density at radius 1 is 1.18 bits per heavy atom. The van der Waals surface area contributed by atoms with Gasteiger partial charge in [0.15, 0.2) is 0 Å². The molecule has 4 amide bonds. The van der Waals surface area contributed by atoms with Gasteiger partial charge in [-0.1, -0.05) is 18.9 Å². The number of hydrogen-bond donors (Lipinski definition) is 3. The number of rotatable bonds is 7. The predicted octanol–water partition coefficient (Wildman–Crippen LogP) is 2.18. The summed E-state index contributed by atoms with van der Waals surface area (Å²) in [6.07, 6.45) is 4.37. The van der Waals surface area contributed by atoms with Gasteiger partial charge in [0, 0.05) is 43.9 Å². The van der Waals surface area contributed by atoms with E-state index in [9.17, 15) is 14.4 Å². The van der Waals surface area contributed by atoms with E-state index in [1.807, 2.05) is 0 Å². The van der Waals surface area contributed by atoms with Crippen molar-refractivity contribution in [2.75, 3.05) is 37.4 Å². The molecular weight excluding hydrogens is 360 g/mol. The zero-order valence-electron chi connectivity index (χ0n) is 16.2. The highest BCUT2D eigenvalue weighted by Gasteiger charge is 2.30. The summed E-state index contributed by atoms with van der Waals surface area (Å²) in [6, 6.07) is 6.48. The number of hydrogen-bond acceptors (Lipinski definition) is 4. The molecule has 0 spiro atoms. The van der Waals surface area contributed by atoms with Crippen LogP contribution in [0.3, 0.4) is 0 Å². The van der Waals surface area contributed by atoms with Crippen LogP contribution in [0.4, 0.5) is 16.2 Å². The van der Waals surface area contributed by atoms with Gasteiger partial charge in [-0.3, -0.25) is 9.59 Å². The van der Waals surface area contributed by atoms with E-state index in [0.717, 1.165) is 25.7 Å². The molecule has 8 heteroatoms. The number of benzene rings is 1. The number of likely N-dealkylation sites (tertiary alicyclic amines) is 1. The molecule has 0 radical (unpaired) electrons. The minimum atomic E-state index is -0.370. The highest BCUT2D eigenvalue weighted by molar-refractivity contribution is 5.95. The Labute approximate surface area is 165 Å². The molecule has 1 aliphatic carbocycles. The van der Waals surface area contributed by atoms with Gasteiger partial charge in [-0.15, -0.1) is 0 Å². The number of amides is 4. The Hall–Kier alpha value is -2.61. The van der Waals surface area contributed by atoms with Gasteiger partial charge in [0.05, 0.1) is 12.6 Å². The first kappa shape index (κ1) is 20.1. The van der Waals surface area contributed by atoms with E-state index in [4.69, 9.17) is 4.74 Å². The molecule has 152 valence electrons. The number of nitrogens with zero attached hydrogens (tertiary/aromatic N) is 1. The maximum absolute atomic E-state index is 12.3. The average molecular weight is 388 g/mol. The van der Waals surface area contributed by atoms with E-state index in [2.05, 4.69) is 16.0 Å². The van der Waals surface area contributed by atoms with Gasteiger partial charge in [-0.25, -0.2) is 4.79 Å². The van der Waals surface area contributed by atoms with Crippen LogP contribution in [0.5, 0.6) is 0 Å². The lowest BCUT2D eigenvalue weighted by molar-refractivity contribution is -0.128. The highest BCUT2D eigenvalue weighted by Crippen LogP contribution is 2.26. The average Bonchev–Trinajstić information content (AvgIpc) is 3.30. The molecule has 0 bridgehead atoms. The first-order valence-corrected chi connectivity index (χ1v) is 9.80. The highest BCUT2D eigenvalue weighted by atomic mass is 16.5. The van der Waals surface area contributed by atoms with Crippen LogP contribution in [0.25, 0.3) is 0 Å². The second-order valence-electron chi connectivity index (χ2n) is 7.38. The number of carbonyl (C=O) groups excluding carboxylic acids is 3. The fraction of sp³-hybridized carbons (Fsp3) is 0.550. The van der Waals surface area contributed by atoms with Crippen LogP contribution in [-0.2, 0) is 14.3 Å². The lowest BCUT2D eigenvalue weighted by Gasteiger charge is -2.17. The Balaban J connectivity index is 1.49. The summed E-state index contributed by atoms with van der Waals surface area (Å²) < 4.78 is 4.99. The monoisotopic (exact) mass is 388 g/mol. The minimum absolute atomic E-state index is 0.0129. The van der Waals surface area contributed by atoms with E-state index < -0.39 is 0 Å². The molecule has 1 saturated carbocycles. The quantitative estimate of drug-likeness (QED) is 0.667. The summed E-state index contributed by atoms with van der Waals surface area (Å²) in [4.78, 5) is 38.2. The van der Waals surface area contributed by atoms with Crippen molar-refractivity contribution in [1.82, 2.24) is 10.2 Å². The molecule has 3 N–H and O–H groups in total. The summed E-state index contributed by atoms with van der Waals surface area (Å²) in [6.45, 7) is 1.48. The van der Waals surface area contributed by atoms with E-state index in [-0.39, 0.29) is 36.2 Å². The van der Waals surface area contributed by atoms with Crippen molar-refractivity contribution in [2.24, 2.45) is 5.92 Å². The van der Waals surface area contributed by atoms with Gasteiger partial charge >= 0.3 is 6.03 Å². The first-order chi connectivity index (χ1) is 13.5. The number of carbonyl (C=O) groups is 3. The zero-order valence-corrected chi connectivity index (χ0v) is 16.2. The van der Waals surface area contributed by atoms with Crippen molar-refractivity contribution >= 4 is 29.2 Å². The van der Waals surface area contributed by atoms with E-state index in [0.29, 0.717) is 31.1 Å². The topological polar surface area (TPSA) is 99.8 Å². The molecule has 0 aromatic heterocycles. The number of ether oxygens (including phenoxy) is 1. The molecule has 2 aliphatic rings. The van der Waals surface area contributed by atoms with E-state index in [1.54, 1.807) is 36.3 Å². The summed E-state index contributed by atoms with van der Waals surface area (Å²) >= 11 is 0. The minimum Gasteiger partial charge on any atom is -0.383 e. The van der Waals surface area contributed by atoms with Crippen LogP contribution in [0.2, 0.25) is 0 Å². The third kappa shape index (κ3) is 5.45. The van der Waals surface area contributed by atoms with E-state index >= 15 is 0 Å². The molecular formula is C20H28N4O4. The molecule has 2 fully saturated rings. The van der Waals surface area contributed by atoms with Crippen LogP contribution in [0.1, 0.15) is 32.1 Å². The molecule has 1 saturated heterocycles. The Morgan fingerprint density at radius 2 is 1.89 bits per heavy atom. The maximum atomic E-state index is 12.3. The first-order valence-electron chi connectivity index (χ1n) is 9.80. The van der Waals surface area contributed by atoms with Gasteiger partial charge in [0.2, 0.25) is 11.8 Å². The predicted molar refractivity (Wildman–Crippen MR) is 106 cm³/mol. The lowest BCUT2D eigenvalue weighted by atomic mass is 10.1. The van der Waals surface area contributed by atoms with Gasteiger partial charge < -0.3 is 25.6 Å². The Morgan fingerprint density at radius 3 is 2.61 bits per heavy atom. The van der Waals surface area contributed by atoms with E-state index in [1.165, 1.54) is 0 Å². The molecule has 3 rings (SSSR count). The summed E-state index contributed by atoms with van der Waals surface area (Å²) in [5, 5.41) is 8.53. The molecule has 1 atom stereocenters. The summed E-state index contributed by atoms with van der Waals surface area (Å²) in [5.74, 6) is 0.138. The number of nitrogens with one attached hydrogen (secondary N) is 3. The standard InChI is InChI=1S/C20H28N4O4/c1-28-10-9-24-13-17(12-18(24)25)23-20(27)22-16-8-4-7-15(11-16)21-19(26)14-5-2-3-6-14/h4,7-8,11,14,17H,2-3,5-6,9-10,12-13H2,1H3,(H,21,26)(H2,22,23,27)/t17-/m0/s1. The van der Waals surface area contributed by atoms with Crippen molar-refractivity contribution in [1.29, 1.82) is 0 Å². The smallest absolute Gasteiger partial charge is 0.319 e.